The number of hydrogen-bond acceptors (Lipinski definition) is 6. The Kier molecular flexibility index (Phi) is 5.28. The molecule has 10 nitrogen and oxygen atoms in total. The van der Waals surface area contributed by atoms with Crippen LogP contribution in [0.1, 0.15) is 16.2 Å². The third kappa shape index (κ3) is 4.04. The number of fused-ring (bicyclic) bond motifs is 1. The van der Waals surface area contributed by atoms with Crippen LogP contribution >= 0.6 is 0 Å². The van der Waals surface area contributed by atoms with E-state index < -0.39 is 0 Å². The minimum absolute atomic E-state index is 0.0311. The Morgan fingerprint density at radius 3 is 2.72 bits per heavy atom. The van der Waals surface area contributed by atoms with E-state index in [1.54, 1.807) is 23.1 Å². The van der Waals surface area contributed by atoms with Crippen LogP contribution in [0.25, 0.3) is 16.9 Å². The molecule has 0 radical (unpaired) electrons. The molecule has 0 atom stereocenters. The minimum atomic E-state index is -0.140. The van der Waals surface area contributed by atoms with Crippen molar-refractivity contribution in [1.29, 1.82) is 0 Å². The van der Waals surface area contributed by atoms with Gasteiger partial charge in [0.2, 0.25) is 0 Å². The number of imidazole rings is 1. The largest absolute Gasteiger partial charge is 0.342 e. The lowest BCUT2D eigenvalue weighted by atomic mass is 10.1. The van der Waals surface area contributed by atoms with Crippen LogP contribution in [0.3, 0.4) is 0 Å². The maximum absolute atomic E-state index is 12.9. The molecule has 3 aromatic heterocycles. The zero-order valence-corrected chi connectivity index (χ0v) is 17.8. The van der Waals surface area contributed by atoms with E-state index in [1.165, 1.54) is 10.7 Å². The predicted molar refractivity (Wildman–Crippen MR) is 119 cm³/mol. The standard InChI is InChI=1S/C22H24N8O2/c1-16-24-18-4-3-17(15-19(18)25-16)22(32)28-12-9-27(10-13-28)11-14-30-21(31)6-5-20(26-30)29-8-2-7-23-29/h2-8,15H,9-14H2,1H3,(H,24,25). The smallest absolute Gasteiger partial charge is 0.266 e. The lowest BCUT2D eigenvalue weighted by Gasteiger charge is -2.34. The van der Waals surface area contributed by atoms with Crippen molar-refractivity contribution in [2.24, 2.45) is 0 Å². The molecule has 10 heteroatoms. The van der Waals surface area contributed by atoms with E-state index in [9.17, 15) is 9.59 Å². The highest BCUT2D eigenvalue weighted by molar-refractivity contribution is 5.97. The molecule has 1 amide bonds. The maximum Gasteiger partial charge on any atom is 0.266 e. The summed E-state index contributed by atoms with van der Waals surface area (Å²) in [6, 6.07) is 10.6. The van der Waals surface area contributed by atoms with Crippen LogP contribution in [0.5, 0.6) is 0 Å². The highest BCUT2D eigenvalue weighted by Gasteiger charge is 2.22. The summed E-state index contributed by atoms with van der Waals surface area (Å²) in [5, 5.41) is 8.57. The fourth-order valence-electron chi connectivity index (χ4n) is 3.99. The number of benzene rings is 1. The van der Waals surface area contributed by atoms with Gasteiger partial charge in [-0.2, -0.15) is 5.10 Å². The Balaban J connectivity index is 1.18. The van der Waals surface area contributed by atoms with Crippen molar-refractivity contribution in [3.63, 3.8) is 0 Å². The number of piperazine rings is 1. The van der Waals surface area contributed by atoms with Crippen LogP contribution in [0.4, 0.5) is 0 Å². The lowest BCUT2D eigenvalue weighted by molar-refractivity contribution is 0.0631. The van der Waals surface area contributed by atoms with Gasteiger partial charge >= 0.3 is 0 Å². The first-order valence-electron chi connectivity index (χ1n) is 10.6. The summed E-state index contributed by atoms with van der Waals surface area (Å²) < 4.78 is 3.10. The molecule has 1 aromatic carbocycles. The maximum atomic E-state index is 12.9. The second-order valence-electron chi connectivity index (χ2n) is 7.89. The number of aromatic nitrogens is 6. The molecule has 0 aliphatic carbocycles. The van der Waals surface area contributed by atoms with Crippen molar-refractivity contribution < 1.29 is 4.79 Å². The summed E-state index contributed by atoms with van der Waals surface area (Å²) in [5.41, 5.74) is 2.27. The molecule has 0 bridgehead atoms. The van der Waals surface area contributed by atoms with Crippen molar-refractivity contribution in [2.75, 3.05) is 32.7 Å². The first-order valence-corrected chi connectivity index (χ1v) is 10.6. The quantitative estimate of drug-likeness (QED) is 0.506. The molecule has 1 aliphatic heterocycles. The molecule has 5 rings (SSSR count). The normalized spacial score (nSPS) is 14.8. The zero-order chi connectivity index (χ0) is 22.1. The number of nitrogens with zero attached hydrogens (tertiary/aromatic N) is 7. The average Bonchev–Trinajstić information content (AvgIpc) is 3.47. The molecule has 32 heavy (non-hydrogen) atoms. The van der Waals surface area contributed by atoms with Gasteiger partial charge in [-0.1, -0.05) is 0 Å². The van der Waals surface area contributed by atoms with Crippen LogP contribution in [0.2, 0.25) is 0 Å². The van der Waals surface area contributed by atoms with E-state index in [2.05, 4.69) is 25.1 Å². The van der Waals surface area contributed by atoms with Gasteiger partial charge in [-0.15, -0.1) is 5.10 Å². The molecule has 1 aliphatic rings. The second kappa shape index (κ2) is 8.39. The van der Waals surface area contributed by atoms with Crippen molar-refractivity contribution >= 4 is 16.9 Å². The van der Waals surface area contributed by atoms with E-state index >= 15 is 0 Å². The van der Waals surface area contributed by atoms with Crippen molar-refractivity contribution in [3.05, 3.63) is 70.5 Å². The van der Waals surface area contributed by atoms with E-state index in [0.717, 1.165) is 29.9 Å². The first kappa shape index (κ1) is 20.1. The highest BCUT2D eigenvalue weighted by atomic mass is 16.2. The summed E-state index contributed by atoms with van der Waals surface area (Å²) in [4.78, 5) is 36.8. The van der Waals surface area contributed by atoms with Gasteiger partial charge in [0.15, 0.2) is 5.82 Å². The summed E-state index contributed by atoms with van der Waals surface area (Å²) >= 11 is 0. The Bertz CT molecular complexity index is 1300. The van der Waals surface area contributed by atoms with Gasteiger partial charge in [0.25, 0.3) is 11.5 Å². The summed E-state index contributed by atoms with van der Waals surface area (Å²) in [6.45, 7) is 5.88. The monoisotopic (exact) mass is 432 g/mol. The second-order valence-corrected chi connectivity index (χ2v) is 7.89. The number of aryl methyl sites for hydroxylation is 1. The number of carbonyl (C=O) groups excluding carboxylic acids is 1. The Hall–Kier alpha value is -3.79. The van der Waals surface area contributed by atoms with Crippen molar-refractivity contribution in [3.8, 4) is 5.82 Å². The van der Waals surface area contributed by atoms with Gasteiger partial charge < -0.3 is 9.88 Å². The minimum Gasteiger partial charge on any atom is -0.342 e. The number of carbonyl (C=O) groups is 1. The number of nitrogens with one attached hydrogen (secondary N) is 1. The van der Waals surface area contributed by atoms with E-state index in [0.29, 0.717) is 37.6 Å². The Morgan fingerprint density at radius 1 is 1.09 bits per heavy atom. The zero-order valence-electron chi connectivity index (χ0n) is 17.8. The van der Waals surface area contributed by atoms with Gasteiger partial charge in [-0.05, 0) is 37.3 Å². The molecule has 1 N–H and O–H groups in total. The fourth-order valence-corrected chi connectivity index (χ4v) is 3.99. The first-order chi connectivity index (χ1) is 15.6. The molecular formula is C22H24N8O2. The molecule has 1 fully saturated rings. The van der Waals surface area contributed by atoms with Crippen molar-refractivity contribution in [2.45, 2.75) is 13.5 Å². The molecule has 0 unspecified atom stereocenters. The molecule has 0 spiro atoms. The van der Waals surface area contributed by atoms with Crippen LogP contribution in [-0.4, -0.2) is 78.0 Å². The third-order valence-electron chi connectivity index (χ3n) is 5.73. The number of H-pyrrole nitrogens is 1. The van der Waals surface area contributed by atoms with Crippen LogP contribution in [0, 0.1) is 6.92 Å². The van der Waals surface area contributed by atoms with Crippen LogP contribution in [-0.2, 0) is 6.54 Å². The van der Waals surface area contributed by atoms with Gasteiger partial charge in [0.1, 0.15) is 5.82 Å². The van der Waals surface area contributed by atoms with E-state index in [-0.39, 0.29) is 11.5 Å². The SMILES string of the molecule is Cc1nc2ccc(C(=O)N3CCN(CCn4nc(-n5cccn5)ccc4=O)CC3)cc2[nH]1. The average molecular weight is 432 g/mol. The summed E-state index contributed by atoms with van der Waals surface area (Å²) in [7, 11) is 0. The summed E-state index contributed by atoms with van der Waals surface area (Å²) in [5.74, 6) is 1.47. The molecule has 1 saturated heterocycles. The third-order valence-corrected chi connectivity index (χ3v) is 5.73. The number of aromatic amines is 1. The summed E-state index contributed by atoms with van der Waals surface area (Å²) in [6.07, 6.45) is 3.46. The molecule has 164 valence electrons. The Morgan fingerprint density at radius 2 is 1.94 bits per heavy atom. The van der Waals surface area contributed by atoms with Gasteiger partial charge in [-0.3, -0.25) is 14.5 Å². The topological polar surface area (TPSA) is 105 Å². The van der Waals surface area contributed by atoms with Gasteiger partial charge in [-0.25, -0.2) is 14.3 Å². The van der Waals surface area contributed by atoms with Crippen LogP contribution in [0.15, 0.2) is 53.6 Å². The molecule has 4 heterocycles. The number of hydrogen-bond donors (Lipinski definition) is 1. The fraction of sp³-hybridized carbons (Fsp3) is 0.318. The number of amides is 1. The Labute approximate surface area is 184 Å². The van der Waals surface area contributed by atoms with E-state index in [4.69, 9.17) is 0 Å². The van der Waals surface area contributed by atoms with Crippen molar-refractivity contribution in [1.82, 2.24) is 39.3 Å². The highest BCUT2D eigenvalue weighted by Crippen LogP contribution is 2.16. The molecular weight excluding hydrogens is 408 g/mol. The molecule has 4 aromatic rings. The van der Waals surface area contributed by atoms with Gasteiger partial charge in [0.05, 0.1) is 17.6 Å². The van der Waals surface area contributed by atoms with Gasteiger partial charge in [0, 0.05) is 56.7 Å². The molecule has 0 saturated carbocycles. The van der Waals surface area contributed by atoms with E-state index in [1.807, 2.05) is 36.1 Å². The van der Waals surface area contributed by atoms with Crippen LogP contribution < -0.4 is 5.56 Å². The lowest BCUT2D eigenvalue weighted by Crippen LogP contribution is -2.49. The number of rotatable bonds is 5. The predicted octanol–water partition coefficient (Wildman–Crippen LogP) is 1.07.